The Kier molecular flexibility index (Phi) is 5.83. The van der Waals surface area contributed by atoms with Crippen LogP contribution < -0.4 is 10.6 Å². The second-order valence-electron chi connectivity index (χ2n) is 4.86. The number of hydrogen-bond donors (Lipinski definition) is 2. The van der Waals surface area contributed by atoms with E-state index >= 15 is 0 Å². The van der Waals surface area contributed by atoms with Gasteiger partial charge < -0.3 is 15.1 Å². The van der Waals surface area contributed by atoms with Crippen molar-refractivity contribution in [2.45, 2.75) is 19.9 Å². The zero-order chi connectivity index (χ0) is 14.4. The minimum Gasteiger partial charge on any atom is -0.460 e. The topological polar surface area (TPSA) is 37.2 Å². The van der Waals surface area contributed by atoms with Crippen LogP contribution in [0.2, 0.25) is 0 Å². The Bertz CT molecular complexity index is 551. The first-order valence-electron chi connectivity index (χ1n) is 6.91. The summed E-state index contributed by atoms with van der Waals surface area (Å²) in [7, 11) is 1.97. The van der Waals surface area contributed by atoms with Crippen molar-refractivity contribution in [2.75, 3.05) is 20.1 Å². The van der Waals surface area contributed by atoms with Gasteiger partial charge in [0.2, 0.25) is 0 Å². The van der Waals surface area contributed by atoms with Crippen LogP contribution in [-0.2, 0) is 6.54 Å². The molecular weight excluding hydrogens is 316 g/mol. The van der Waals surface area contributed by atoms with Crippen LogP contribution >= 0.6 is 15.9 Å². The molecule has 2 N–H and O–H groups in total. The molecule has 108 valence electrons. The van der Waals surface area contributed by atoms with Crippen molar-refractivity contribution >= 4 is 15.9 Å². The van der Waals surface area contributed by atoms with Crippen LogP contribution in [0.4, 0.5) is 0 Å². The van der Waals surface area contributed by atoms with Crippen LogP contribution in [0.15, 0.2) is 39.2 Å². The first-order valence-corrected chi connectivity index (χ1v) is 7.70. The lowest BCUT2D eigenvalue weighted by Crippen LogP contribution is -2.19. The summed E-state index contributed by atoms with van der Waals surface area (Å²) in [6.07, 6.45) is 1.12. The number of rotatable bonds is 7. The van der Waals surface area contributed by atoms with Crippen molar-refractivity contribution in [3.63, 3.8) is 0 Å². The van der Waals surface area contributed by atoms with Crippen LogP contribution in [0.25, 0.3) is 11.3 Å². The van der Waals surface area contributed by atoms with E-state index in [1.165, 1.54) is 5.56 Å². The molecule has 0 unspecified atom stereocenters. The zero-order valence-corrected chi connectivity index (χ0v) is 13.6. The largest absolute Gasteiger partial charge is 0.460 e. The summed E-state index contributed by atoms with van der Waals surface area (Å²) in [5.41, 5.74) is 2.33. The molecule has 1 aromatic carbocycles. The van der Waals surface area contributed by atoms with E-state index in [-0.39, 0.29) is 0 Å². The predicted octanol–water partition coefficient (Wildman–Crippen LogP) is 3.72. The Morgan fingerprint density at radius 1 is 1.15 bits per heavy atom. The van der Waals surface area contributed by atoms with E-state index < -0.39 is 0 Å². The van der Waals surface area contributed by atoms with E-state index in [0.29, 0.717) is 0 Å². The first-order chi connectivity index (χ1) is 9.70. The third-order valence-corrected chi connectivity index (χ3v) is 4.07. The van der Waals surface area contributed by atoms with Gasteiger partial charge in [0.25, 0.3) is 0 Å². The van der Waals surface area contributed by atoms with Gasteiger partial charge in [-0.2, -0.15) is 0 Å². The molecule has 0 saturated carbocycles. The van der Waals surface area contributed by atoms with Gasteiger partial charge in [0.15, 0.2) is 0 Å². The lowest BCUT2D eigenvalue weighted by Gasteiger charge is -2.03. The Balaban J connectivity index is 1.93. The van der Waals surface area contributed by atoms with E-state index in [1.807, 2.05) is 19.2 Å². The maximum absolute atomic E-state index is 5.88. The number of hydrogen-bond acceptors (Lipinski definition) is 3. The molecule has 20 heavy (non-hydrogen) atoms. The molecule has 4 heteroatoms. The molecule has 3 nitrogen and oxygen atoms in total. The van der Waals surface area contributed by atoms with Gasteiger partial charge in [-0.05, 0) is 63.3 Å². The molecule has 0 aliphatic rings. The first kappa shape index (κ1) is 15.3. The molecule has 2 aromatic rings. The smallest absolute Gasteiger partial charge is 0.134 e. The van der Waals surface area contributed by atoms with Gasteiger partial charge in [-0.15, -0.1) is 0 Å². The van der Waals surface area contributed by atoms with Crippen molar-refractivity contribution in [1.82, 2.24) is 10.6 Å². The van der Waals surface area contributed by atoms with Gasteiger partial charge in [-0.25, -0.2) is 0 Å². The summed E-state index contributed by atoms with van der Waals surface area (Å²) in [6.45, 7) is 4.89. The highest BCUT2D eigenvalue weighted by atomic mass is 79.9. The van der Waals surface area contributed by atoms with Crippen molar-refractivity contribution in [1.29, 1.82) is 0 Å². The van der Waals surface area contributed by atoms with Crippen LogP contribution in [0.5, 0.6) is 0 Å². The van der Waals surface area contributed by atoms with Crippen molar-refractivity contribution < 1.29 is 4.42 Å². The molecule has 0 spiro atoms. The minimum atomic E-state index is 0.777. The summed E-state index contributed by atoms with van der Waals surface area (Å²) in [5.74, 6) is 1.90. The lowest BCUT2D eigenvalue weighted by molar-refractivity contribution is 0.490. The number of halogens is 1. The Morgan fingerprint density at radius 3 is 2.75 bits per heavy atom. The SMILES string of the molecule is CNCCCNCc1ccc(-c2ccc(Br)c(C)c2)o1. The Morgan fingerprint density at radius 2 is 2.00 bits per heavy atom. The number of nitrogens with one attached hydrogen (secondary N) is 2. The van der Waals surface area contributed by atoms with Gasteiger partial charge in [-0.3, -0.25) is 0 Å². The molecular formula is C16H21BrN2O. The third kappa shape index (κ3) is 4.20. The highest BCUT2D eigenvalue weighted by Gasteiger charge is 2.06. The number of aryl methyl sites for hydroxylation is 1. The van der Waals surface area contributed by atoms with E-state index in [2.05, 4.69) is 51.7 Å². The van der Waals surface area contributed by atoms with Crippen molar-refractivity contribution in [3.8, 4) is 11.3 Å². The average molecular weight is 337 g/mol. The summed E-state index contributed by atoms with van der Waals surface area (Å²) < 4.78 is 7.00. The van der Waals surface area contributed by atoms with E-state index in [9.17, 15) is 0 Å². The lowest BCUT2D eigenvalue weighted by atomic mass is 10.1. The van der Waals surface area contributed by atoms with E-state index in [1.54, 1.807) is 0 Å². The quantitative estimate of drug-likeness (QED) is 0.756. The molecule has 0 atom stereocenters. The standard InChI is InChI=1S/C16H21BrN2O/c1-12-10-13(4-6-15(12)17)16-7-5-14(20-16)11-19-9-3-8-18-2/h4-7,10,18-19H,3,8-9,11H2,1-2H3. The number of benzene rings is 1. The average Bonchev–Trinajstić information content (AvgIpc) is 2.90. The second-order valence-corrected chi connectivity index (χ2v) is 5.72. The molecule has 0 aliphatic carbocycles. The highest BCUT2D eigenvalue weighted by Crippen LogP contribution is 2.26. The van der Waals surface area contributed by atoms with Gasteiger partial charge >= 0.3 is 0 Å². The molecule has 0 aliphatic heterocycles. The molecule has 0 saturated heterocycles. The fourth-order valence-corrected chi connectivity index (χ4v) is 2.27. The minimum absolute atomic E-state index is 0.777. The third-order valence-electron chi connectivity index (χ3n) is 3.18. The van der Waals surface area contributed by atoms with Crippen molar-refractivity contribution in [2.24, 2.45) is 0 Å². The van der Waals surface area contributed by atoms with Crippen LogP contribution in [0.3, 0.4) is 0 Å². The van der Waals surface area contributed by atoms with Gasteiger partial charge in [0, 0.05) is 10.0 Å². The fraction of sp³-hybridized carbons (Fsp3) is 0.375. The van der Waals surface area contributed by atoms with Crippen molar-refractivity contribution in [3.05, 3.63) is 46.1 Å². The second kappa shape index (κ2) is 7.62. The van der Waals surface area contributed by atoms with E-state index in [0.717, 1.165) is 47.6 Å². The molecule has 1 aromatic heterocycles. The van der Waals surface area contributed by atoms with Gasteiger partial charge in [0.1, 0.15) is 11.5 Å². The monoisotopic (exact) mass is 336 g/mol. The summed E-state index contributed by atoms with van der Waals surface area (Å²) in [5, 5.41) is 6.52. The molecule has 0 radical (unpaired) electrons. The molecule has 1 heterocycles. The molecule has 2 rings (SSSR count). The van der Waals surface area contributed by atoms with E-state index in [4.69, 9.17) is 4.42 Å². The molecule has 0 bridgehead atoms. The summed E-state index contributed by atoms with van der Waals surface area (Å²) >= 11 is 3.52. The zero-order valence-electron chi connectivity index (χ0n) is 12.0. The van der Waals surface area contributed by atoms with Gasteiger partial charge in [0.05, 0.1) is 6.54 Å². The van der Waals surface area contributed by atoms with Gasteiger partial charge in [-0.1, -0.05) is 22.0 Å². The Hall–Kier alpha value is -1.10. The van der Waals surface area contributed by atoms with Crippen LogP contribution in [0, 0.1) is 6.92 Å². The highest BCUT2D eigenvalue weighted by molar-refractivity contribution is 9.10. The summed E-state index contributed by atoms with van der Waals surface area (Å²) in [6, 6.07) is 10.3. The normalized spacial score (nSPS) is 10.9. The predicted molar refractivity (Wildman–Crippen MR) is 86.8 cm³/mol. The maximum atomic E-state index is 5.88. The Labute approximate surface area is 128 Å². The van der Waals surface area contributed by atoms with Crippen LogP contribution in [-0.4, -0.2) is 20.1 Å². The summed E-state index contributed by atoms with van der Waals surface area (Å²) in [4.78, 5) is 0. The maximum Gasteiger partial charge on any atom is 0.134 e. The number of furan rings is 1. The molecule has 0 fully saturated rings. The van der Waals surface area contributed by atoms with Crippen LogP contribution in [0.1, 0.15) is 17.7 Å². The fourth-order valence-electron chi connectivity index (χ4n) is 2.03. The molecule has 0 amide bonds.